The van der Waals surface area contributed by atoms with Gasteiger partial charge in [0.05, 0.1) is 10.1 Å². The Balaban J connectivity index is 2.40. The second-order valence-corrected chi connectivity index (χ2v) is 9.69. The molecule has 0 aliphatic heterocycles. The number of aryl methyl sites for hydroxylation is 1. The van der Waals surface area contributed by atoms with Gasteiger partial charge in [0.1, 0.15) is 5.70 Å². The molecule has 152 valence electrons. The minimum atomic E-state index is -3.30. The van der Waals surface area contributed by atoms with Crippen molar-refractivity contribution in [3.63, 3.8) is 0 Å². The van der Waals surface area contributed by atoms with Crippen LogP contribution < -0.4 is 5.73 Å². The Bertz CT molecular complexity index is 1090. The van der Waals surface area contributed by atoms with Crippen LogP contribution in [0.2, 0.25) is 0 Å². The molecule has 0 heterocycles. The van der Waals surface area contributed by atoms with Gasteiger partial charge in [0.15, 0.2) is 9.84 Å². The van der Waals surface area contributed by atoms with Crippen molar-refractivity contribution >= 4 is 15.5 Å². The maximum Gasteiger partial charge on any atom is 0.180 e. The van der Waals surface area contributed by atoms with E-state index in [2.05, 4.69) is 16.8 Å². The summed E-state index contributed by atoms with van der Waals surface area (Å²) in [5.74, 6) is 6.18. The number of hydrogen-bond donors (Lipinski definition) is 1. The molecule has 2 N–H and O–H groups in total. The lowest BCUT2D eigenvalue weighted by Crippen LogP contribution is -2.14. The van der Waals surface area contributed by atoms with E-state index in [4.69, 9.17) is 5.73 Å². The zero-order valence-corrected chi connectivity index (χ0v) is 18.5. The summed E-state index contributed by atoms with van der Waals surface area (Å²) in [6, 6.07) is 14.8. The molecule has 0 bridgehead atoms. The van der Waals surface area contributed by atoms with Gasteiger partial charge in [0, 0.05) is 17.0 Å². The van der Waals surface area contributed by atoms with Crippen molar-refractivity contribution in [3.8, 4) is 11.8 Å². The predicted octanol–water partition coefficient (Wildman–Crippen LogP) is 4.62. The summed E-state index contributed by atoms with van der Waals surface area (Å²) < 4.78 is 24.6. The van der Waals surface area contributed by atoms with E-state index in [0.29, 0.717) is 22.7 Å². The number of nitrogens with two attached hydrogens (primary N) is 1. The Morgan fingerprint density at radius 3 is 2.31 bits per heavy atom. The van der Waals surface area contributed by atoms with Gasteiger partial charge in [-0.15, -0.1) is 0 Å². The summed E-state index contributed by atoms with van der Waals surface area (Å²) in [5.41, 5.74) is 10.8. The Hall–Kier alpha value is -2.84. The van der Waals surface area contributed by atoms with Crippen molar-refractivity contribution < 1.29 is 8.42 Å². The number of rotatable bonds is 5. The molecule has 0 atom stereocenters. The monoisotopic (exact) mass is 408 g/mol. The first-order chi connectivity index (χ1) is 13.6. The topological polar surface area (TPSA) is 72.5 Å². The van der Waals surface area contributed by atoms with E-state index < -0.39 is 15.1 Å². The lowest BCUT2D eigenvalue weighted by molar-refractivity contribution is 0.587. The highest BCUT2D eigenvalue weighted by Crippen LogP contribution is 2.18. The fourth-order valence-corrected chi connectivity index (χ4v) is 3.72. The van der Waals surface area contributed by atoms with Gasteiger partial charge in [-0.05, 0) is 75.4 Å². The van der Waals surface area contributed by atoms with E-state index in [1.165, 1.54) is 0 Å². The van der Waals surface area contributed by atoms with E-state index in [0.717, 1.165) is 22.4 Å². The second-order valence-electron chi connectivity index (χ2n) is 7.18. The molecule has 2 rings (SSSR count). The highest BCUT2D eigenvalue weighted by atomic mass is 32.2. The third kappa shape index (κ3) is 5.82. The van der Waals surface area contributed by atoms with Crippen LogP contribution in [0.4, 0.5) is 0 Å². The Morgan fingerprint density at radius 1 is 1.14 bits per heavy atom. The SMILES string of the molecule is CCC(=N/C(C#Cc1cccc(C)c1)=C(\C)N)c1ccc(S(=O)(=O)C(C)C)cc1. The highest BCUT2D eigenvalue weighted by molar-refractivity contribution is 7.92. The minimum absolute atomic E-state index is 0.316. The molecule has 0 aliphatic carbocycles. The van der Waals surface area contributed by atoms with Crippen molar-refractivity contribution in [3.05, 3.63) is 76.6 Å². The van der Waals surface area contributed by atoms with E-state index in [1.807, 2.05) is 38.1 Å². The van der Waals surface area contributed by atoms with Gasteiger partial charge in [-0.25, -0.2) is 13.4 Å². The third-order valence-corrected chi connectivity index (χ3v) is 6.61. The summed E-state index contributed by atoms with van der Waals surface area (Å²) in [4.78, 5) is 4.99. The molecule has 0 amide bonds. The first kappa shape index (κ1) is 22.4. The van der Waals surface area contributed by atoms with Gasteiger partial charge in [0.25, 0.3) is 0 Å². The van der Waals surface area contributed by atoms with Crippen molar-refractivity contribution in [1.82, 2.24) is 0 Å². The molecule has 0 unspecified atom stereocenters. The molecule has 0 fully saturated rings. The smallest absolute Gasteiger partial charge is 0.180 e. The fraction of sp³-hybridized carbons (Fsp3) is 0.292. The number of hydrogen-bond acceptors (Lipinski definition) is 4. The minimum Gasteiger partial charge on any atom is -0.400 e. The van der Waals surface area contributed by atoms with Crippen molar-refractivity contribution in [2.24, 2.45) is 10.7 Å². The molecule has 0 saturated carbocycles. The Morgan fingerprint density at radius 2 is 1.79 bits per heavy atom. The van der Waals surface area contributed by atoms with Gasteiger partial charge in [-0.3, -0.25) is 0 Å². The quantitative estimate of drug-likeness (QED) is 0.580. The average Bonchev–Trinajstić information content (AvgIpc) is 2.68. The van der Waals surface area contributed by atoms with Crippen LogP contribution in [0.15, 0.2) is 69.8 Å². The second kappa shape index (κ2) is 9.58. The molecular formula is C24H28N2O2S. The van der Waals surface area contributed by atoms with Gasteiger partial charge in [-0.2, -0.15) is 0 Å². The summed E-state index contributed by atoms with van der Waals surface area (Å²) in [6.07, 6.45) is 0.666. The lowest BCUT2D eigenvalue weighted by atomic mass is 10.1. The van der Waals surface area contributed by atoms with Gasteiger partial charge >= 0.3 is 0 Å². The maximum atomic E-state index is 12.3. The number of sulfone groups is 1. The molecule has 0 spiro atoms. The molecule has 0 saturated heterocycles. The summed E-state index contributed by atoms with van der Waals surface area (Å²) in [5, 5.41) is -0.459. The van der Waals surface area contributed by atoms with Crippen LogP contribution in [0.25, 0.3) is 0 Å². The molecule has 4 nitrogen and oxygen atoms in total. The first-order valence-corrected chi connectivity index (χ1v) is 11.2. The standard InChI is InChI=1S/C24H28N2O2S/c1-6-23(21-11-13-22(14-12-21)29(27,28)17(2)3)26-24(19(5)25)15-10-20-9-7-8-18(4)16-20/h7-9,11-14,16-17H,6,25H2,1-5H3/b24-19+,26-23?. The van der Waals surface area contributed by atoms with Crippen LogP contribution in [0.1, 0.15) is 50.8 Å². The normalized spacial score (nSPS) is 13.0. The average molecular weight is 409 g/mol. The van der Waals surface area contributed by atoms with Crippen LogP contribution in [0.3, 0.4) is 0 Å². The molecule has 29 heavy (non-hydrogen) atoms. The lowest BCUT2D eigenvalue weighted by Gasteiger charge is -2.10. The van der Waals surface area contributed by atoms with E-state index in [-0.39, 0.29) is 0 Å². The zero-order chi connectivity index (χ0) is 21.6. The summed E-state index contributed by atoms with van der Waals surface area (Å²) in [7, 11) is -3.30. The maximum absolute atomic E-state index is 12.3. The largest absolute Gasteiger partial charge is 0.400 e. The Labute approximate surface area is 174 Å². The van der Waals surface area contributed by atoms with Crippen molar-refractivity contribution in [2.45, 2.75) is 51.2 Å². The molecule has 2 aromatic carbocycles. The van der Waals surface area contributed by atoms with Crippen molar-refractivity contribution in [2.75, 3.05) is 0 Å². The fourth-order valence-electron chi connectivity index (χ4n) is 2.66. The molecule has 0 radical (unpaired) electrons. The zero-order valence-electron chi connectivity index (χ0n) is 17.7. The number of benzene rings is 2. The number of allylic oxidation sites excluding steroid dienone is 2. The molecule has 0 aliphatic rings. The molecular weight excluding hydrogens is 380 g/mol. The highest BCUT2D eigenvalue weighted by Gasteiger charge is 2.19. The molecule has 0 aromatic heterocycles. The summed E-state index contributed by atoms with van der Waals surface area (Å²) in [6.45, 7) is 9.14. The number of aliphatic imine (C=N–C) groups is 1. The predicted molar refractivity (Wildman–Crippen MR) is 121 cm³/mol. The van der Waals surface area contributed by atoms with Crippen LogP contribution in [0.5, 0.6) is 0 Å². The van der Waals surface area contributed by atoms with Gasteiger partial charge < -0.3 is 5.73 Å². The van der Waals surface area contributed by atoms with Crippen molar-refractivity contribution in [1.29, 1.82) is 0 Å². The number of nitrogens with zero attached hydrogens (tertiary/aromatic N) is 1. The Kier molecular flexibility index (Phi) is 7.41. The summed E-state index contributed by atoms with van der Waals surface area (Å²) >= 11 is 0. The molecule has 2 aromatic rings. The van der Waals surface area contributed by atoms with Crippen LogP contribution in [-0.2, 0) is 9.84 Å². The van der Waals surface area contributed by atoms with Gasteiger partial charge in [0.2, 0.25) is 0 Å². The van der Waals surface area contributed by atoms with E-state index >= 15 is 0 Å². The van der Waals surface area contributed by atoms with E-state index in [9.17, 15) is 8.42 Å². The van der Waals surface area contributed by atoms with Crippen LogP contribution in [-0.4, -0.2) is 19.4 Å². The third-order valence-electron chi connectivity index (χ3n) is 4.44. The van der Waals surface area contributed by atoms with E-state index in [1.54, 1.807) is 45.0 Å². The molecule has 5 heteroatoms. The van der Waals surface area contributed by atoms with Gasteiger partial charge in [-0.1, -0.05) is 37.1 Å². The van der Waals surface area contributed by atoms with Crippen LogP contribution in [0, 0.1) is 18.8 Å². The van der Waals surface area contributed by atoms with Crippen LogP contribution >= 0.6 is 0 Å². The first-order valence-electron chi connectivity index (χ1n) is 9.62.